The van der Waals surface area contributed by atoms with Crippen LogP contribution < -0.4 is 4.90 Å². The first-order valence-corrected chi connectivity index (χ1v) is 7.04. The SMILES string of the molecule is CC(CN(C)C(=O)CCc1ccc(N(C)C)cc1)C(=O)O. The highest BCUT2D eigenvalue weighted by atomic mass is 16.4. The van der Waals surface area contributed by atoms with Crippen LogP contribution in [0.1, 0.15) is 18.9 Å². The number of amides is 1. The van der Waals surface area contributed by atoms with Gasteiger partial charge in [-0.2, -0.15) is 0 Å². The van der Waals surface area contributed by atoms with Gasteiger partial charge in [-0.25, -0.2) is 0 Å². The third-order valence-corrected chi connectivity index (χ3v) is 3.48. The zero-order valence-electron chi connectivity index (χ0n) is 13.2. The van der Waals surface area contributed by atoms with Crippen LogP contribution >= 0.6 is 0 Å². The minimum absolute atomic E-state index is 0.0280. The van der Waals surface area contributed by atoms with Crippen molar-refractivity contribution in [2.75, 3.05) is 32.6 Å². The highest BCUT2D eigenvalue weighted by molar-refractivity contribution is 5.77. The molecular weight excluding hydrogens is 268 g/mol. The summed E-state index contributed by atoms with van der Waals surface area (Å²) in [5.74, 6) is -1.45. The first-order valence-electron chi connectivity index (χ1n) is 7.04. The molecule has 0 heterocycles. The van der Waals surface area contributed by atoms with Crippen molar-refractivity contribution < 1.29 is 14.7 Å². The second-order valence-electron chi connectivity index (χ2n) is 5.57. The fourth-order valence-electron chi connectivity index (χ4n) is 1.99. The summed E-state index contributed by atoms with van der Waals surface area (Å²) in [6.45, 7) is 1.85. The van der Waals surface area contributed by atoms with Crippen LogP contribution in [0, 0.1) is 5.92 Å². The molecule has 0 aliphatic carbocycles. The van der Waals surface area contributed by atoms with Crippen molar-refractivity contribution in [3.63, 3.8) is 0 Å². The first kappa shape index (κ1) is 17.0. The maximum Gasteiger partial charge on any atom is 0.308 e. The summed E-state index contributed by atoms with van der Waals surface area (Å²) >= 11 is 0. The van der Waals surface area contributed by atoms with Gasteiger partial charge in [0.05, 0.1) is 5.92 Å². The summed E-state index contributed by atoms with van der Waals surface area (Å²) in [7, 11) is 5.62. The van der Waals surface area contributed by atoms with E-state index in [0.717, 1.165) is 11.3 Å². The van der Waals surface area contributed by atoms with Gasteiger partial charge in [-0.3, -0.25) is 9.59 Å². The molecule has 1 N–H and O–H groups in total. The predicted octanol–water partition coefficient (Wildman–Crippen LogP) is 1.86. The van der Waals surface area contributed by atoms with Crippen LogP contribution in [0.15, 0.2) is 24.3 Å². The van der Waals surface area contributed by atoms with Gasteiger partial charge in [0.25, 0.3) is 0 Å². The van der Waals surface area contributed by atoms with Crippen LogP contribution in [-0.4, -0.2) is 49.6 Å². The summed E-state index contributed by atoms with van der Waals surface area (Å²) in [5, 5.41) is 8.85. The lowest BCUT2D eigenvalue weighted by Gasteiger charge is -2.19. The number of hydrogen-bond acceptors (Lipinski definition) is 3. The summed E-state index contributed by atoms with van der Waals surface area (Å²) < 4.78 is 0. The molecule has 0 fully saturated rings. The van der Waals surface area contributed by atoms with Crippen molar-refractivity contribution in [3.05, 3.63) is 29.8 Å². The molecule has 1 aromatic carbocycles. The molecule has 0 saturated heterocycles. The minimum Gasteiger partial charge on any atom is -0.481 e. The number of carbonyl (C=O) groups excluding carboxylic acids is 1. The predicted molar refractivity (Wildman–Crippen MR) is 83.5 cm³/mol. The van der Waals surface area contributed by atoms with Gasteiger partial charge in [-0.05, 0) is 24.1 Å². The Kier molecular flexibility index (Phi) is 6.21. The molecule has 0 saturated carbocycles. The fraction of sp³-hybridized carbons (Fsp3) is 0.500. The zero-order valence-corrected chi connectivity index (χ0v) is 13.2. The Balaban J connectivity index is 2.47. The fourth-order valence-corrected chi connectivity index (χ4v) is 1.99. The molecule has 1 rings (SSSR count). The molecule has 5 heteroatoms. The Morgan fingerprint density at radius 1 is 1.14 bits per heavy atom. The highest BCUT2D eigenvalue weighted by Crippen LogP contribution is 2.13. The van der Waals surface area contributed by atoms with E-state index in [-0.39, 0.29) is 12.5 Å². The molecule has 0 spiro atoms. The van der Waals surface area contributed by atoms with Crippen LogP contribution in [0.25, 0.3) is 0 Å². The summed E-state index contributed by atoms with van der Waals surface area (Å²) in [6, 6.07) is 8.08. The number of nitrogens with zero attached hydrogens (tertiary/aromatic N) is 2. The van der Waals surface area contributed by atoms with E-state index >= 15 is 0 Å². The average Bonchev–Trinajstić information content (AvgIpc) is 2.44. The van der Waals surface area contributed by atoms with Crippen LogP contribution in [-0.2, 0) is 16.0 Å². The maximum absolute atomic E-state index is 12.0. The normalized spacial score (nSPS) is 11.8. The average molecular weight is 292 g/mol. The molecule has 0 bridgehead atoms. The molecule has 116 valence electrons. The topological polar surface area (TPSA) is 60.9 Å². The van der Waals surface area contributed by atoms with E-state index in [1.807, 2.05) is 43.3 Å². The zero-order chi connectivity index (χ0) is 16.0. The van der Waals surface area contributed by atoms with Gasteiger partial charge in [0, 0.05) is 39.8 Å². The van der Waals surface area contributed by atoms with Gasteiger partial charge in [0.15, 0.2) is 0 Å². The molecule has 0 aliphatic heterocycles. The summed E-state index contributed by atoms with van der Waals surface area (Å²) in [5.41, 5.74) is 2.23. The van der Waals surface area contributed by atoms with Crippen LogP contribution in [0.3, 0.4) is 0 Å². The molecule has 1 unspecified atom stereocenters. The molecule has 1 amide bonds. The second kappa shape index (κ2) is 7.67. The number of carboxylic acid groups (broad SMARTS) is 1. The Morgan fingerprint density at radius 2 is 1.71 bits per heavy atom. The third-order valence-electron chi connectivity index (χ3n) is 3.48. The van der Waals surface area contributed by atoms with Gasteiger partial charge in [0.2, 0.25) is 5.91 Å². The third kappa shape index (κ3) is 5.45. The number of hydrogen-bond donors (Lipinski definition) is 1. The van der Waals surface area contributed by atoms with Gasteiger partial charge in [0.1, 0.15) is 0 Å². The van der Waals surface area contributed by atoms with E-state index < -0.39 is 11.9 Å². The number of carbonyl (C=O) groups is 2. The number of benzene rings is 1. The van der Waals surface area contributed by atoms with Crippen molar-refractivity contribution in [2.24, 2.45) is 5.92 Å². The van der Waals surface area contributed by atoms with Crippen molar-refractivity contribution in [1.29, 1.82) is 0 Å². The number of rotatable bonds is 7. The lowest BCUT2D eigenvalue weighted by Crippen LogP contribution is -2.33. The minimum atomic E-state index is -0.881. The van der Waals surface area contributed by atoms with Crippen molar-refractivity contribution in [2.45, 2.75) is 19.8 Å². The van der Waals surface area contributed by atoms with Gasteiger partial charge in [-0.15, -0.1) is 0 Å². The number of aryl methyl sites for hydroxylation is 1. The molecule has 5 nitrogen and oxygen atoms in total. The van der Waals surface area contributed by atoms with Crippen molar-refractivity contribution in [3.8, 4) is 0 Å². The lowest BCUT2D eigenvalue weighted by atomic mass is 10.1. The van der Waals surface area contributed by atoms with Gasteiger partial charge in [-0.1, -0.05) is 19.1 Å². The smallest absolute Gasteiger partial charge is 0.308 e. The van der Waals surface area contributed by atoms with Crippen LogP contribution in [0.2, 0.25) is 0 Å². The molecule has 1 aromatic rings. The Morgan fingerprint density at radius 3 is 2.19 bits per heavy atom. The number of anilines is 1. The van der Waals surface area contributed by atoms with Crippen molar-refractivity contribution in [1.82, 2.24) is 4.90 Å². The van der Waals surface area contributed by atoms with Gasteiger partial charge < -0.3 is 14.9 Å². The highest BCUT2D eigenvalue weighted by Gasteiger charge is 2.17. The van der Waals surface area contributed by atoms with E-state index in [9.17, 15) is 9.59 Å². The molecule has 1 atom stereocenters. The summed E-state index contributed by atoms with van der Waals surface area (Å²) in [4.78, 5) is 26.3. The standard InChI is InChI=1S/C16H24N2O3/c1-12(16(20)21)11-18(4)15(19)10-7-13-5-8-14(9-6-13)17(2)3/h5-6,8-9,12H,7,10-11H2,1-4H3,(H,20,21). The molecule has 0 radical (unpaired) electrons. The van der Waals surface area contributed by atoms with Crippen molar-refractivity contribution >= 4 is 17.6 Å². The quantitative estimate of drug-likeness (QED) is 0.833. The van der Waals surface area contributed by atoms with Crippen LogP contribution in [0.4, 0.5) is 5.69 Å². The second-order valence-corrected chi connectivity index (χ2v) is 5.57. The molecule has 21 heavy (non-hydrogen) atoms. The van der Waals surface area contributed by atoms with E-state index in [1.165, 1.54) is 4.90 Å². The number of aliphatic carboxylic acids is 1. The molecule has 0 aromatic heterocycles. The first-order chi connectivity index (χ1) is 9.81. The largest absolute Gasteiger partial charge is 0.481 e. The Hall–Kier alpha value is -2.04. The van der Waals surface area contributed by atoms with E-state index in [0.29, 0.717) is 12.8 Å². The van der Waals surface area contributed by atoms with E-state index in [1.54, 1.807) is 14.0 Å². The number of carboxylic acids is 1. The Labute approximate surface area is 126 Å². The van der Waals surface area contributed by atoms with Crippen LogP contribution in [0.5, 0.6) is 0 Å². The monoisotopic (exact) mass is 292 g/mol. The van der Waals surface area contributed by atoms with E-state index in [4.69, 9.17) is 5.11 Å². The maximum atomic E-state index is 12.0. The molecule has 0 aliphatic rings. The lowest BCUT2D eigenvalue weighted by molar-refractivity contribution is -0.142. The molecular formula is C16H24N2O3. The Bertz CT molecular complexity index is 483. The van der Waals surface area contributed by atoms with E-state index in [2.05, 4.69) is 0 Å². The summed E-state index contributed by atoms with van der Waals surface area (Å²) in [6.07, 6.45) is 1.06. The van der Waals surface area contributed by atoms with Gasteiger partial charge >= 0.3 is 5.97 Å².